The molecule has 0 saturated heterocycles. The van der Waals surface area contributed by atoms with E-state index >= 15 is 0 Å². The molecule has 4 heteroatoms. The molecule has 0 aliphatic rings. The molecule has 0 fully saturated rings. The number of aromatic nitrogens is 3. The van der Waals surface area contributed by atoms with Gasteiger partial charge in [-0.3, -0.25) is 0 Å². The lowest BCUT2D eigenvalue weighted by Crippen LogP contribution is -1.99. The Hall–Kier alpha value is -7.61. The van der Waals surface area contributed by atoms with E-state index in [1.807, 2.05) is 60.7 Å². The first-order valence-corrected chi connectivity index (χ1v) is 18.4. The number of fused-ring (bicyclic) bond motifs is 4. The van der Waals surface area contributed by atoms with Crippen LogP contribution in [0.15, 0.2) is 194 Å². The second-order valence-electron chi connectivity index (χ2n) is 13.8. The van der Waals surface area contributed by atoms with Crippen LogP contribution in [-0.4, -0.2) is 14.5 Å². The summed E-state index contributed by atoms with van der Waals surface area (Å²) in [7, 11) is 0. The molecule has 10 aromatic rings. The summed E-state index contributed by atoms with van der Waals surface area (Å²) in [6.45, 7) is 0. The monoisotopic (exact) mass is 700 g/mol. The van der Waals surface area contributed by atoms with E-state index in [1.54, 1.807) is 0 Å². The van der Waals surface area contributed by atoms with E-state index in [0.29, 0.717) is 11.4 Å². The fourth-order valence-electron chi connectivity index (χ4n) is 7.76. The van der Waals surface area contributed by atoms with Gasteiger partial charge in [0.25, 0.3) is 0 Å². The molecule has 2 aromatic heterocycles. The topological polar surface area (TPSA) is 54.5 Å². The van der Waals surface area contributed by atoms with Crippen LogP contribution in [0.5, 0.6) is 0 Å². The molecule has 2 heterocycles. The molecule has 0 radical (unpaired) electrons. The maximum Gasteiger partial charge on any atom is 0.160 e. The van der Waals surface area contributed by atoms with Gasteiger partial charge in [-0.05, 0) is 81.6 Å². The zero-order valence-corrected chi connectivity index (χ0v) is 29.8. The van der Waals surface area contributed by atoms with Crippen LogP contribution in [-0.2, 0) is 0 Å². The number of nitriles is 1. The minimum absolute atomic E-state index is 0.620. The standard InChI is InChI=1S/C51H32N4/c52-33-34-22-24-35(25-23-34)40-28-41(51-53-47(37-13-3-1-4-14-37)32-48(54-51)38-15-5-2-6-16-38)30-42(29-40)55-49-21-10-9-19-45(49)46-27-26-39(31-50(46)55)44-20-11-17-36-12-7-8-18-43(36)44/h1-32H. The van der Waals surface area contributed by atoms with Gasteiger partial charge >= 0.3 is 0 Å². The van der Waals surface area contributed by atoms with Crippen LogP contribution >= 0.6 is 0 Å². The van der Waals surface area contributed by atoms with Crippen LogP contribution in [0.25, 0.3) is 94.4 Å². The van der Waals surface area contributed by atoms with Gasteiger partial charge in [0.1, 0.15) is 0 Å². The van der Waals surface area contributed by atoms with E-state index in [9.17, 15) is 5.26 Å². The Kier molecular flexibility index (Phi) is 7.83. The van der Waals surface area contributed by atoms with Gasteiger partial charge in [-0.2, -0.15) is 5.26 Å². The van der Waals surface area contributed by atoms with Crippen molar-refractivity contribution in [2.45, 2.75) is 0 Å². The molecule has 0 spiro atoms. The predicted molar refractivity (Wildman–Crippen MR) is 226 cm³/mol. The summed E-state index contributed by atoms with van der Waals surface area (Å²) in [4.78, 5) is 10.5. The smallest absolute Gasteiger partial charge is 0.160 e. The SMILES string of the molecule is N#Cc1ccc(-c2cc(-c3nc(-c4ccccc4)cc(-c4ccccc4)n3)cc(-n3c4ccccc4c4ccc(-c5cccc6ccccc56)cc43)c2)cc1. The van der Waals surface area contributed by atoms with Gasteiger partial charge < -0.3 is 4.57 Å². The highest BCUT2D eigenvalue weighted by Gasteiger charge is 2.18. The average Bonchev–Trinajstić information content (AvgIpc) is 3.60. The fraction of sp³-hybridized carbons (Fsp3) is 0. The summed E-state index contributed by atoms with van der Waals surface area (Å²) in [5.41, 5.74) is 12.8. The summed E-state index contributed by atoms with van der Waals surface area (Å²) in [6, 6.07) is 69.8. The van der Waals surface area contributed by atoms with E-state index in [1.165, 1.54) is 27.1 Å². The molecule has 0 atom stereocenters. The van der Waals surface area contributed by atoms with Gasteiger partial charge in [0, 0.05) is 33.2 Å². The summed E-state index contributed by atoms with van der Waals surface area (Å²) < 4.78 is 2.37. The third-order valence-corrected chi connectivity index (χ3v) is 10.4. The molecular weight excluding hydrogens is 669 g/mol. The molecule has 0 bridgehead atoms. The van der Waals surface area contributed by atoms with Gasteiger partial charge in [-0.25, -0.2) is 9.97 Å². The molecule has 0 aliphatic carbocycles. The van der Waals surface area contributed by atoms with E-state index in [-0.39, 0.29) is 0 Å². The fourth-order valence-corrected chi connectivity index (χ4v) is 7.76. The van der Waals surface area contributed by atoms with Gasteiger partial charge in [0.2, 0.25) is 0 Å². The maximum absolute atomic E-state index is 9.60. The predicted octanol–water partition coefficient (Wildman–Crippen LogP) is 12.9. The van der Waals surface area contributed by atoms with Crippen LogP contribution in [0.2, 0.25) is 0 Å². The summed E-state index contributed by atoms with van der Waals surface area (Å²) in [5, 5.41) is 14.4. The van der Waals surface area contributed by atoms with Gasteiger partial charge in [-0.15, -0.1) is 0 Å². The molecular formula is C51H32N4. The van der Waals surface area contributed by atoms with Crippen LogP contribution < -0.4 is 0 Å². The van der Waals surface area contributed by atoms with E-state index < -0.39 is 0 Å². The van der Waals surface area contributed by atoms with Gasteiger partial charge in [0.15, 0.2) is 5.82 Å². The molecule has 10 rings (SSSR count). The maximum atomic E-state index is 9.60. The van der Waals surface area contributed by atoms with Crippen molar-refractivity contribution in [2.24, 2.45) is 0 Å². The number of hydrogen-bond acceptors (Lipinski definition) is 3. The Balaban J connectivity index is 1.25. The first kappa shape index (κ1) is 32.1. The molecule has 0 aliphatic heterocycles. The van der Waals surface area contributed by atoms with E-state index in [4.69, 9.17) is 9.97 Å². The summed E-state index contributed by atoms with van der Waals surface area (Å²) in [5.74, 6) is 0.633. The normalized spacial score (nSPS) is 11.3. The lowest BCUT2D eigenvalue weighted by atomic mass is 9.97. The van der Waals surface area contributed by atoms with Crippen LogP contribution in [0.4, 0.5) is 0 Å². The molecule has 0 unspecified atom stereocenters. The Labute approximate surface area is 318 Å². The average molecular weight is 701 g/mol. The van der Waals surface area contributed by atoms with Crippen LogP contribution in [0.1, 0.15) is 5.56 Å². The van der Waals surface area contributed by atoms with Gasteiger partial charge in [0.05, 0.1) is 34.1 Å². The molecule has 4 nitrogen and oxygen atoms in total. The second kappa shape index (κ2) is 13.4. The molecule has 0 amide bonds. The van der Waals surface area contributed by atoms with E-state index in [2.05, 4.69) is 144 Å². The van der Waals surface area contributed by atoms with Crippen LogP contribution in [0, 0.1) is 11.3 Å². The quantitative estimate of drug-likeness (QED) is 0.173. The minimum atomic E-state index is 0.620. The van der Waals surface area contributed by atoms with Crippen molar-refractivity contribution in [1.82, 2.24) is 14.5 Å². The Bertz CT molecular complexity index is 3020. The minimum Gasteiger partial charge on any atom is -0.309 e. The largest absolute Gasteiger partial charge is 0.309 e. The Morgan fingerprint density at radius 1 is 0.400 bits per heavy atom. The van der Waals surface area contributed by atoms with Crippen molar-refractivity contribution in [1.29, 1.82) is 5.26 Å². The second-order valence-corrected chi connectivity index (χ2v) is 13.8. The Morgan fingerprint density at radius 3 is 1.73 bits per heavy atom. The van der Waals surface area contributed by atoms with Crippen molar-refractivity contribution < 1.29 is 0 Å². The molecule has 55 heavy (non-hydrogen) atoms. The molecule has 256 valence electrons. The summed E-state index contributed by atoms with van der Waals surface area (Å²) in [6.07, 6.45) is 0. The van der Waals surface area contributed by atoms with Gasteiger partial charge in [-0.1, -0.05) is 146 Å². The first-order chi connectivity index (χ1) is 27.2. The lowest BCUT2D eigenvalue weighted by Gasteiger charge is -2.15. The number of hydrogen-bond donors (Lipinski definition) is 0. The zero-order valence-electron chi connectivity index (χ0n) is 29.8. The number of nitrogens with zero attached hydrogens (tertiary/aromatic N) is 4. The van der Waals surface area contributed by atoms with E-state index in [0.717, 1.165) is 61.5 Å². The van der Waals surface area contributed by atoms with Crippen molar-refractivity contribution in [3.05, 3.63) is 200 Å². The molecule has 0 saturated carbocycles. The molecule has 0 N–H and O–H groups in total. The number of para-hydroxylation sites is 1. The zero-order chi connectivity index (χ0) is 36.7. The highest BCUT2D eigenvalue weighted by Crippen LogP contribution is 2.39. The van der Waals surface area contributed by atoms with Crippen molar-refractivity contribution >= 4 is 32.6 Å². The first-order valence-electron chi connectivity index (χ1n) is 18.4. The van der Waals surface area contributed by atoms with Crippen molar-refractivity contribution in [2.75, 3.05) is 0 Å². The van der Waals surface area contributed by atoms with Crippen LogP contribution in [0.3, 0.4) is 0 Å². The third kappa shape index (κ3) is 5.81. The lowest BCUT2D eigenvalue weighted by molar-refractivity contribution is 1.16. The number of rotatable bonds is 6. The molecule has 8 aromatic carbocycles. The summed E-state index contributed by atoms with van der Waals surface area (Å²) >= 11 is 0. The van der Waals surface area contributed by atoms with Crippen molar-refractivity contribution in [3.8, 4) is 67.9 Å². The van der Waals surface area contributed by atoms with Crippen molar-refractivity contribution in [3.63, 3.8) is 0 Å². The Morgan fingerprint density at radius 2 is 1.00 bits per heavy atom. The number of benzene rings is 8. The highest BCUT2D eigenvalue weighted by molar-refractivity contribution is 6.11. The highest BCUT2D eigenvalue weighted by atomic mass is 15.0. The third-order valence-electron chi connectivity index (χ3n) is 10.4.